The van der Waals surface area contributed by atoms with E-state index in [9.17, 15) is 9.59 Å². The molecule has 1 aliphatic heterocycles. The summed E-state index contributed by atoms with van der Waals surface area (Å²) in [5.74, 6) is -0.646. The van der Waals surface area contributed by atoms with E-state index in [1.54, 1.807) is 12.1 Å². The Morgan fingerprint density at radius 2 is 1.71 bits per heavy atom. The van der Waals surface area contributed by atoms with Gasteiger partial charge in [-0.1, -0.05) is 66.7 Å². The molecule has 1 aromatic heterocycles. The monoisotopic (exact) mass is 451 g/mol. The molecule has 0 saturated carbocycles. The topological polar surface area (TPSA) is 73.2 Å². The first kappa shape index (κ1) is 21.6. The number of ketones is 1. The molecule has 0 aliphatic carbocycles. The van der Waals surface area contributed by atoms with Gasteiger partial charge in [-0.05, 0) is 30.2 Å². The van der Waals surface area contributed by atoms with Crippen LogP contribution >= 0.6 is 0 Å². The number of benzene rings is 3. The van der Waals surface area contributed by atoms with Gasteiger partial charge in [-0.15, -0.1) is 0 Å². The van der Waals surface area contributed by atoms with Crippen LogP contribution in [0.5, 0.6) is 0 Å². The molecule has 0 radical (unpaired) electrons. The van der Waals surface area contributed by atoms with Crippen LogP contribution in [0.25, 0.3) is 0 Å². The number of aryl methyl sites for hydroxylation is 1. The molecular weight excluding hydrogens is 426 g/mol. The second kappa shape index (κ2) is 8.98. The fraction of sp³-hybridized carbons (Fsp3) is 0.179. The second-order valence-corrected chi connectivity index (χ2v) is 8.45. The number of ether oxygens (including phenoxy) is 1. The maximum atomic E-state index is 14.2. The van der Waals surface area contributed by atoms with Crippen molar-refractivity contribution in [3.8, 4) is 0 Å². The number of hydrogen-bond donors (Lipinski definition) is 1. The van der Waals surface area contributed by atoms with Crippen molar-refractivity contribution in [1.29, 1.82) is 0 Å². The van der Waals surface area contributed by atoms with Gasteiger partial charge in [-0.25, -0.2) is 9.78 Å². The molecule has 1 aliphatic rings. The number of hydrogen-bond acceptors (Lipinski definition) is 5. The smallest absolute Gasteiger partial charge is 0.338 e. The van der Waals surface area contributed by atoms with Crippen molar-refractivity contribution < 1.29 is 14.3 Å². The van der Waals surface area contributed by atoms with Crippen LogP contribution < -0.4 is 5.32 Å². The third-order valence-corrected chi connectivity index (χ3v) is 6.20. The summed E-state index contributed by atoms with van der Waals surface area (Å²) in [5, 5.41) is 3.53. The molecule has 170 valence electrons. The number of aromatic nitrogens is 2. The number of fused-ring (bicyclic) bond motifs is 1. The van der Waals surface area contributed by atoms with Crippen LogP contribution in [0.3, 0.4) is 0 Å². The molecule has 0 bridgehead atoms. The van der Waals surface area contributed by atoms with Crippen LogP contribution in [-0.4, -0.2) is 28.4 Å². The lowest BCUT2D eigenvalue weighted by Gasteiger charge is -2.34. The number of methoxy groups -OCH3 is 1. The van der Waals surface area contributed by atoms with E-state index in [1.165, 1.54) is 7.11 Å². The standard InChI is InChI=1S/C28H25N3O3/c1-18-16-31(17-19-10-5-3-6-11-19)27(29-18)24-25(20-12-7-4-8-13-20)30-22-15-9-14-21(28(33)34-2)23(22)26(24)32/h3-16,24-25,30H,17H2,1-2H3. The lowest BCUT2D eigenvalue weighted by Crippen LogP contribution is -2.35. The number of anilines is 1. The maximum Gasteiger partial charge on any atom is 0.338 e. The summed E-state index contributed by atoms with van der Waals surface area (Å²) in [7, 11) is 1.32. The van der Waals surface area contributed by atoms with Crippen molar-refractivity contribution in [1.82, 2.24) is 9.55 Å². The van der Waals surface area contributed by atoms with E-state index in [2.05, 4.69) is 17.4 Å². The van der Waals surface area contributed by atoms with Crippen LogP contribution in [0.2, 0.25) is 0 Å². The number of imidazole rings is 1. The molecule has 6 nitrogen and oxygen atoms in total. The van der Waals surface area contributed by atoms with Crippen LogP contribution in [-0.2, 0) is 11.3 Å². The highest BCUT2D eigenvalue weighted by Crippen LogP contribution is 2.43. The summed E-state index contributed by atoms with van der Waals surface area (Å²) in [6.45, 7) is 2.52. The van der Waals surface area contributed by atoms with Gasteiger partial charge in [0, 0.05) is 18.4 Å². The van der Waals surface area contributed by atoms with E-state index in [1.807, 2.05) is 72.3 Å². The highest BCUT2D eigenvalue weighted by molar-refractivity contribution is 6.14. The van der Waals surface area contributed by atoms with E-state index < -0.39 is 11.9 Å². The van der Waals surface area contributed by atoms with Gasteiger partial charge < -0.3 is 14.6 Å². The van der Waals surface area contributed by atoms with E-state index in [4.69, 9.17) is 9.72 Å². The summed E-state index contributed by atoms with van der Waals surface area (Å²) < 4.78 is 7.01. The van der Waals surface area contributed by atoms with Crippen molar-refractivity contribution in [2.24, 2.45) is 0 Å². The lowest BCUT2D eigenvalue weighted by atomic mass is 9.80. The Morgan fingerprint density at radius 1 is 1.00 bits per heavy atom. The molecule has 2 atom stereocenters. The SMILES string of the molecule is COC(=O)c1cccc2c1C(=O)C(c1nc(C)cn1Cc1ccccc1)C(c1ccccc1)N2. The van der Waals surface area contributed by atoms with Gasteiger partial charge in [-0.2, -0.15) is 0 Å². The molecule has 1 N–H and O–H groups in total. The fourth-order valence-electron chi connectivity index (χ4n) is 4.70. The predicted molar refractivity (Wildman–Crippen MR) is 130 cm³/mol. The van der Waals surface area contributed by atoms with Gasteiger partial charge >= 0.3 is 5.97 Å². The lowest BCUT2D eigenvalue weighted by molar-refractivity contribution is 0.0596. The highest BCUT2D eigenvalue weighted by atomic mass is 16.5. The molecule has 5 rings (SSSR count). The minimum absolute atomic E-state index is 0.150. The summed E-state index contributed by atoms with van der Waals surface area (Å²) >= 11 is 0. The molecule has 34 heavy (non-hydrogen) atoms. The Balaban J connectivity index is 1.67. The molecule has 6 heteroatoms. The van der Waals surface area contributed by atoms with Crippen molar-refractivity contribution in [2.75, 3.05) is 12.4 Å². The van der Waals surface area contributed by atoms with E-state index >= 15 is 0 Å². The van der Waals surface area contributed by atoms with Gasteiger partial charge in [0.25, 0.3) is 0 Å². The highest BCUT2D eigenvalue weighted by Gasteiger charge is 2.42. The Labute approximate surface area is 198 Å². The Morgan fingerprint density at radius 3 is 2.41 bits per heavy atom. The largest absolute Gasteiger partial charge is 0.465 e. The number of carbonyl (C=O) groups is 2. The molecule has 2 heterocycles. The summed E-state index contributed by atoms with van der Waals surface area (Å²) in [6.07, 6.45) is 1.97. The Bertz CT molecular complexity index is 1350. The average molecular weight is 452 g/mol. The number of carbonyl (C=O) groups excluding carboxylic acids is 2. The third-order valence-electron chi connectivity index (χ3n) is 6.20. The quantitative estimate of drug-likeness (QED) is 0.424. The number of rotatable bonds is 5. The van der Waals surface area contributed by atoms with Crippen LogP contribution in [0.1, 0.15) is 55.3 Å². The Kier molecular flexibility index (Phi) is 5.72. The van der Waals surface area contributed by atoms with Gasteiger partial charge in [0.1, 0.15) is 11.7 Å². The number of nitrogens with one attached hydrogen (secondary N) is 1. The minimum Gasteiger partial charge on any atom is -0.465 e. The Hall–Kier alpha value is -4.19. The molecule has 0 saturated heterocycles. The molecule has 2 unspecified atom stereocenters. The van der Waals surface area contributed by atoms with E-state index in [0.29, 0.717) is 23.6 Å². The first-order valence-electron chi connectivity index (χ1n) is 11.2. The normalized spacial score (nSPS) is 17.1. The second-order valence-electron chi connectivity index (χ2n) is 8.45. The predicted octanol–water partition coefficient (Wildman–Crippen LogP) is 5.16. The van der Waals surface area contributed by atoms with Crippen molar-refractivity contribution in [3.05, 3.63) is 119 Å². The van der Waals surface area contributed by atoms with E-state index in [0.717, 1.165) is 16.8 Å². The van der Waals surface area contributed by atoms with Crippen LogP contribution in [0.4, 0.5) is 5.69 Å². The summed E-state index contributed by atoms with van der Waals surface area (Å²) in [4.78, 5) is 31.5. The maximum absolute atomic E-state index is 14.2. The van der Waals surface area contributed by atoms with E-state index in [-0.39, 0.29) is 17.4 Å². The van der Waals surface area contributed by atoms with Gasteiger partial charge in [-0.3, -0.25) is 4.79 Å². The zero-order valence-corrected chi connectivity index (χ0v) is 19.1. The molecule has 0 amide bonds. The van der Waals surface area contributed by atoms with Crippen molar-refractivity contribution in [3.63, 3.8) is 0 Å². The first-order chi connectivity index (χ1) is 16.6. The average Bonchev–Trinajstić information content (AvgIpc) is 3.23. The third kappa shape index (κ3) is 3.88. The molecular formula is C28H25N3O3. The molecule has 4 aromatic rings. The number of nitrogens with zero attached hydrogens (tertiary/aromatic N) is 2. The molecule has 0 spiro atoms. The first-order valence-corrected chi connectivity index (χ1v) is 11.2. The van der Waals surface area contributed by atoms with Gasteiger partial charge in [0.2, 0.25) is 0 Å². The number of Topliss-reactive ketones (excluding diaryl/α,β-unsaturated/α-hetero) is 1. The zero-order chi connectivity index (χ0) is 23.7. The van der Waals surface area contributed by atoms with Crippen molar-refractivity contribution >= 4 is 17.4 Å². The van der Waals surface area contributed by atoms with Gasteiger partial charge in [0.15, 0.2) is 5.78 Å². The van der Waals surface area contributed by atoms with Crippen LogP contribution in [0.15, 0.2) is 85.1 Å². The van der Waals surface area contributed by atoms with Gasteiger partial charge in [0.05, 0.1) is 30.0 Å². The summed E-state index contributed by atoms with van der Waals surface area (Å²) in [6, 6.07) is 24.8. The zero-order valence-electron chi connectivity index (χ0n) is 19.1. The molecule has 3 aromatic carbocycles. The minimum atomic E-state index is -0.627. The van der Waals surface area contributed by atoms with Crippen LogP contribution in [0, 0.1) is 6.92 Å². The summed E-state index contributed by atoms with van der Waals surface area (Å²) in [5.41, 5.74) is 4.14. The molecule has 0 fully saturated rings. The number of esters is 1. The fourth-order valence-corrected chi connectivity index (χ4v) is 4.70. The van der Waals surface area contributed by atoms with Crippen molar-refractivity contribution in [2.45, 2.75) is 25.4 Å².